The first-order valence-electron chi connectivity index (χ1n) is 9.31. The number of carbonyl (C=O) groups is 1. The molecule has 152 valence electrons. The summed E-state index contributed by atoms with van der Waals surface area (Å²) in [4.78, 5) is 12.7. The molecule has 0 aliphatic rings. The Hall–Kier alpha value is -2.54. The van der Waals surface area contributed by atoms with Crippen LogP contribution in [0.5, 0.6) is 5.75 Å². The summed E-state index contributed by atoms with van der Waals surface area (Å²) < 4.78 is 33.1. The van der Waals surface area contributed by atoms with Gasteiger partial charge in [-0.15, -0.1) is 0 Å². The maximum absolute atomic E-state index is 13.3. The maximum atomic E-state index is 13.3. The Labute approximate surface area is 167 Å². The van der Waals surface area contributed by atoms with Crippen LogP contribution in [-0.2, 0) is 14.8 Å². The normalized spacial score (nSPS) is 12.3. The molecule has 0 radical (unpaired) electrons. The molecule has 0 aromatic heterocycles. The van der Waals surface area contributed by atoms with Gasteiger partial charge in [0.25, 0.3) is 10.0 Å². The number of benzene rings is 2. The first-order valence-corrected chi connectivity index (χ1v) is 10.8. The van der Waals surface area contributed by atoms with Gasteiger partial charge in [-0.05, 0) is 44.5 Å². The lowest BCUT2D eigenvalue weighted by Gasteiger charge is -2.26. The largest absolute Gasteiger partial charge is 0.495 e. The fraction of sp³-hybridized carbons (Fsp3) is 0.381. The molecule has 0 aliphatic carbocycles. The second kappa shape index (κ2) is 9.59. The Morgan fingerprint density at radius 3 is 2.39 bits per heavy atom. The minimum atomic E-state index is -3.95. The van der Waals surface area contributed by atoms with E-state index in [1.165, 1.54) is 7.11 Å². The summed E-state index contributed by atoms with van der Waals surface area (Å²) in [6.45, 7) is 5.50. The van der Waals surface area contributed by atoms with E-state index in [0.29, 0.717) is 11.4 Å². The number of nitrogens with one attached hydrogen (secondary N) is 1. The van der Waals surface area contributed by atoms with Crippen LogP contribution in [0.1, 0.15) is 32.3 Å². The van der Waals surface area contributed by atoms with Crippen LogP contribution in [-0.4, -0.2) is 34.0 Å². The van der Waals surface area contributed by atoms with Crippen molar-refractivity contribution in [2.24, 2.45) is 0 Å². The van der Waals surface area contributed by atoms with Crippen LogP contribution in [0.15, 0.2) is 53.4 Å². The van der Waals surface area contributed by atoms with Crippen LogP contribution in [0.3, 0.4) is 0 Å². The van der Waals surface area contributed by atoms with E-state index >= 15 is 0 Å². The molecule has 0 saturated carbocycles. The number of hydrogen-bond donors (Lipinski definition) is 1. The van der Waals surface area contributed by atoms with Crippen LogP contribution >= 0.6 is 0 Å². The van der Waals surface area contributed by atoms with Crippen LogP contribution < -0.4 is 14.4 Å². The predicted octanol–water partition coefficient (Wildman–Crippen LogP) is 3.50. The Bertz CT molecular complexity index is 895. The van der Waals surface area contributed by atoms with Gasteiger partial charge in [-0.3, -0.25) is 9.10 Å². The van der Waals surface area contributed by atoms with E-state index in [-0.39, 0.29) is 23.4 Å². The van der Waals surface area contributed by atoms with Crippen LogP contribution in [0, 0.1) is 6.92 Å². The number of nitrogens with zero attached hydrogens (tertiary/aromatic N) is 1. The van der Waals surface area contributed by atoms with Crippen molar-refractivity contribution < 1.29 is 17.9 Å². The molecule has 2 aromatic carbocycles. The molecule has 0 saturated heterocycles. The van der Waals surface area contributed by atoms with E-state index in [0.717, 1.165) is 22.7 Å². The Morgan fingerprint density at radius 2 is 1.79 bits per heavy atom. The van der Waals surface area contributed by atoms with E-state index in [4.69, 9.17) is 4.74 Å². The number of hydrogen-bond acceptors (Lipinski definition) is 4. The summed E-state index contributed by atoms with van der Waals surface area (Å²) in [5.41, 5.74) is 1.28. The van der Waals surface area contributed by atoms with Crippen molar-refractivity contribution in [2.75, 3.05) is 18.0 Å². The monoisotopic (exact) mass is 404 g/mol. The van der Waals surface area contributed by atoms with Crippen molar-refractivity contribution in [3.63, 3.8) is 0 Å². The number of amides is 1. The molecule has 0 bridgehead atoms. The number of sulfonamides is 1. The summed E-state index contributed by atoms with van der Waals surface area (Å²) in [5, 5.41) is 2.87. The topological polar surface area (TPSA) is 75.7 Å². The van der Waals surface area contributed by atoms with Gasteiger partial charge < -0.3 is 10.1 Å². The number of para-hydroxylation sites is 2. The zero-order chi connectivity index (χ0) is 20.7. The van der Waals surface area contributed by atoms with Gasteiger partial charge in [0.1, 0.15) is 12.3 Å². The summed E-state index contributed by atoms with van der Waals surface area (Å²) in [7, 11) is -2.48. The lowest BCUT2D eigenvalue weighted by Crippen LogP contribution is -2.43. The molecule has 0 heterocycles. The third-order valence-electron chi connectivity index (χ3n) is 4.38. The average Bonchev–Trinajstić information content (AvgIpc) is 2.66. The van der Waals surface area contributed by atoms with E-state index in [1.54, 1.807) is 48.5 Å². The first kappa shape index (κ1) is 21.8. The Kier molecular flexibility index (Phi) is 7.45. The zero-order valence-electron chi connectivity index (χ0n) is 16.8. The van der Waals surface area contributed by atoms with E-state index in [2.05, 4.69) is 5.32 Å². The Balaban J connectivity index is 2.44. The molecule has 28 heavy (non-hydrogen) atoms. The SMILES string of the molecule is CCC[C@@H](C)NC(=O)CN(c1ccccc1OC)S(=O)(=O)c1ccc(C)cc1. The number of rotatable bonds is 9. The minimum Gasteiger partial charge on any atom is -0.495 e. The summed E-state index contributed by atoms with van der Waals surface area (Å²) >= 11 is 0. The van der Waals surface area contributed by atoms with Gasteiger partial charge in [0.2, 0.25) is 5.91 Å². The third-order valence-corrected chi connectivity index (χ3v) is 6.15. The number of methoxy groups -OCH3 is 1. The molecular weight excluding hydrogens is 376 g/mol. The molecule has 1 atom stereocenters. The number of carbonyl (C=O) groups excluding carboxylic acids is 1. The predicted molar refractivity (Wildman–Crippen MR) is 111 cm³/mol. The lowest BCUT2D eigenvalue weighted by atomic mass is 10.2. The smallest absolute Gasteiger partial charge is 0.264 e. The maximum Gasteiger partial charge on any atom is 0.264 e. The van der Waals surface area contributed by atoms with Crippen molar-refractivity contribution in [3.05, 3.63) is 54.1 Å². The Morgan fingerprint density at radius 1 is 1.14 bits per heavy atom. The molecular formula is C21H28N2O4S. The third kappa shape index (κ3) is 5.25. The van der Waals surface area contributed by atoms with Gasteiger partial charge in [0.15, 0.2) is 0 Å². The van der Waals surface area contributed by atoms with Crippen LogP contribution in [0.25, 0.3) is 0 Å². The number of ether oxygens (including phenoxy) is 1. The summed E-state index contributed by atoms with van der Waals surface area (Å²) in [6, 6.07) is 13.3. The fourth-order valence-electron chi connectivity index (χ4n) is 2.93. The highest BCUT2D eigenvalue weighted by molar-refractivity contribution is 7.92. The highest BCUT2D eigenvalue weighted by Crippen LogP contribution is 2.32. The first-order chi connectivity index (χ1) is 13.3. The van der Waals surface area contributed by atoms with Crippen LogP contribution in [0.2, 0.25) is 0 Å². The number of anilines is 1. The fourth-order valence-corrected chi connectivity index (χ4v) is 4.36. The highest BCUT2D eigenvalue weighted by Gasteiger charge is 2.29. The molecule has 0 spiro atoms. The lowest BCUT2D eigenvalue weighted by molar-refractivity contribution is -0.120. The minimum absolute atomic E-state index is 0.0286. The average molecular weight is 405 g/mol. The second-order valence-corrected chi connectivity index (χ2v) is 8.62. The molecule has 7 heteroatoms. The molecule has 2 aromatic rings. The van der Waals surface area contributed by atoms with E-state index in [1.807, 2.05) is 20.8 Å². The number of aryl methyl sites for hydroxylation is 1. The molecule has 1 amide bonds. The molecule has 0 aliphatic heterocycles. The van der Waals surface area contributed by atoms with Gasteiger partial charge in [-0.1, -0.05) is 43.2 Å². The zero-order valence-corrected chi connectivity index (χ0v) is 17.6. The molecule has 6 nitrogen and oxygen atoms in total. The summed E-state index contributed by atoms with van der Waals surface area (Å²) in [5.74, 6) is 0.0233. The molecule has 0 unspecified atom stereocenters. The van der Waals surface area contributed by atoms with Gasteiger partial charge >= 0.3 is 0 Å². The quantitative estimate of drug-likeness (QED) is 0.694. The summed E-state index contributed by atoms with van der Waals surface area (Å²) in [6.07, 6.45) is 1.75. The van der Waals surface area contributed by atoms with Crippen molar-refractivity contribution >= 4 is 21.6 Å². The van der Waals surface area contributed by atoms with Crippen molar-refractivity contribution in [2.45, 2.75) is 44.6 Å². The molecule has 2 rings (SSSR count). The van der Waals surface area contributed by atoms with Gasteiger partial charge in [0.05, 0.1) is 17.7 Å². The standard InChI is InChI=1S/C21H28N2O4S/c1-5-8-17(3)22-21(24)15-23(19-9-6-7-10-20(19)27-4)28(25,26)18-13-11-16(2)12-14-18/h6-7,9-14,17H,5,8,15H2,1-4H3,(H,22,24)/t17-/m1/s1. The molecule has 1 N–H and O–H groups in total. The highest BCUT2D eigenvalue weighted by atomic mass is 32.2. The second-order valence-electron chi connectivity index (χ2n) is 6.75. The van der Waals surface area contributed by atoms with Crippen molar-refractivity contribution in [1.82, 2.24) is 5.32 Å². The van der Waals surface area contributed by atoms with Crippen molar-refractivity contribution in [3.8, 4) is 5.75 Å². The van der Waals surface area contributed by atoms with Gasteiger partial charge in [-0.25, -0.2) is 8.42 Å². The van der Waals surface area contributed by atoms with Crippen molar-refractivity contribution in [1.29, 1.82) is 0 Å². The van der Waals surface area contributed by atoms with Gasteiger partial charge in [0, 0.05) is 6.04 Å². The van der Waals surface area contributed by atoms with E-state index in [9.17, 15) is 13.2 Å². The van der Waals surface area contributed by atoms with Crippen LogP contribution in [0.4, 0.5) is 5.69 Å². The molecule has 0 fully saturated rings. The van der Waals surface area contributed by atoms with Gasteiger partial charge in [-0.2, -0.15) is 0 Å². The van der Waals surface area contributed by atoms with E-state index < -0.39 is 10.0 Å².